The molecule has 1 fully saturated rings. The van der Waals surface area contributed by atoms with Gasteiger partial charge in [-0.2, -0.15) is 4.68 Å². The SMILES string of the molecule is O=C1CCCN1CCCn1nc(-c2ccc(F)cc2)oc1=O. The molecule has 0 bridgehead atoms. The van der Waals surface area contributed by atoms with Crippen molar-refractivity contribution in [3.8, 4) is 11.5 Å². The summed E-state index contributed by atoms with van der Waals surface area (Å²) in [4.78, 5) is 25.0. The maximum atomic E-state index is 12.9. The van der Waals surface area contributed by atoms with E-state index in [-0.39, 0.29) is 17.6 Å². The van der Waals surface area contributed by atoms with Crippen molar-refractivity contribution in [1.82, 2.24) is 14.7 Å². The van der Waals surface area contributed by atoms with Crippen molar-refractivity contribution in [2.24, 2.45) is 0 Å². The molecule has 1 aromatic carbocycles. The average molecular weight is 305 g/mol. The second-order valence-electron chi connectivity index (χ2n) is 5.24. The number of carbonyl (C=O) groups is 1. The molecule has 2 aromatic rings. The van der Waals surface area contributed by atoms with Gasteiger partial charge in [0.25, 0.3) is 0 Å². The molecule has 0 N–H and O–H groups in total. The maximum absolute atomic E-state index is 12.9. The molecule has 3 rings (SSSR count). The van der Waals surface area contributed by atoms with Gasteiger partial charge in [0.1, 0.15) is 5.82 Å². The number of nitrogens with zero attached hydrogens (tertiary/aromatic N) is 3. The van der Waals surface area contributed by atoms with Crippen LogP contribution in [0.2, 0.25) is 0 Å². The first-order valence-corrected chi connectivity index (χ1v) is 7.25. The number of benzene rings is 1. The fraction of sp³-hybridized carbons (Fsp3) is 0.400. The van der Waals surface area contributed by atoms with Crippen molar-refractivity contribution in [2.45, 2.75) is 25.8 Å². The number of hydrogen-bond donors (Lipinski definition) is 0. The molecule has 116 valence electrons. The Kier molecular flexibility index (Phi) is 4.04. The summed E-state index contributed by atoms with van der Waals surface area (Å²) < 4.78 is 19.2. The first kappa shape index (κ1) is 14.5. The van der Waals surface area contributed by atoms with Gasteiger partial charge in [0, 0.05) is 31.6 Å². The van der Waals surface area contributed by atoms with Gasteiger partial charge in [0.2, 0.25) is 11.8 Å². The fourth-order valence-corrected chi connectivity index (χ4v) is 2.51. The van der Waals surface area contributed by atoms with Crippen LogP contribution in [0, 0.1) is 5.82 Å². The van der Waals surface area contributed by atoms with E-state index in [1.807, 2.05) is 0 Å². The minimum atomic E-state index is -0.549. The molecule has 1 amide bonds. The first-order valence-electron chi connectivity index (χ1n) is 7.25. The van der Waals surface area contributed by atoms with Crippen molar-refractivity contribution in [1.29, 1.82) is 0 Å². The lowest BCUT2D eigenvalue weighted by Gasteiger charge is -2.14. The molecule has 6 nitrogen and oxygen atoms in total. The third-order valence-corrected chi connectivity index (χ3v) is 3.67. The lowest BCUT2D eigenvalue weighted by atomic mass is 10.2. The monoisotopic (exact) mass is 305 g/mol. The summed E-state index contributed by atoms with van der Waals surface area (Å²) in [6, 6.07) is 5.59. The lowest BCUT2D eigenvalue weighted by molar-refractivity contribution is -0.127. The predicted molar refractivity (Wildman–Crippen MR) is 76.6 cm³/mol. The number of carbonyl (C=O) groups excluding carboxylic acids is 1. The van der Waals surface area contributed by atoms with E-state index < -0.39 is 5.76 Å². The minimum absolute atomic E-state index is 0.166. The molecule has 0 radical (unpaired) electrons. The van der Waals surface area contributed by atoms with Crippen LogP contribution in [-0.4, -0.2) is 33.7 Å². The van der Waals surface area contributed by atoms with Crippen LogP contribution in [0.1, 0.15) is 19.3 Å². The molecule has 0 spiro atoms. The molecule has 0 unspecified atom stereocenters. The van der Waals surface area contributed by atoms with Crippen molar-refractivity contribution >= 4 is 5.91 Å². The highest BCUT2D eigenvalue weighted by atomic mass is 19.1. The van der Waals surface area contributed by atoms with Crippen LogP contribution in [0.5, 0.6) is 0 Å². The highest BCUT2D eigenvalue weighted by Crippen LogP contribution is 2.15. The normalized spacial score (nSPS) is 14.8. The summed E-state index contributed by atoms with van der Waals surface area (Å²) in [5, 5.41) is 4.10. The largest absolute Gasteiger partial charge is 0.437 e. The summed E-state index contributed by atoms with van der Waals surface area (Å²) in [7, 11) is 0. The van der Waals surface area contributed by atoms with E-state index in [4.69, 9.17) is 4.42 Å². The second-order valence-corrected chi connectivity index (χ2v) is 5.24. The van der Waals surface area contributed by atoms with Gasteiger partial charge in [-0.1, -0.05) is 0 Å². The zero-order chi connectivity index (χ0) is 15.5. The Balaban J connectivity index is 1.64. The summed E-state index contributed by atoms with van der Waals surface area (Å²) >= 11 is 0. The fourth-order valence-electron chi connectivity index (χ4n) is 2.51. The quantitative estimate of drug-likeness (QED) is 0.842. The molecule has 1 aromatic heterocycles. The number of aromatic nitrogens is 2. The summed E-state index contributed by atoms with van der Waals surface area (Å²) in [5.74, 6) is -0.574. The average Bonchev–Trinajstić information content (AvgIpc) is 3.07. The van der Waals surface area contributed by atoms with E-state index >= 15 is 0 Å². The summed E-state index contributed by atoms with van der Waals surface area (Å²) in [5.41, 5.74) is 0.548. The summed E-state index contributed by atoms with van der Waals surface area (Å²) in [6.07, 6.45) is 2.15. The number of amides is 1. The molecule has 1 aliphatic rings. The maximum Gasteiger partial charge on any atom is 0.437 e. The number of aryl methyl sites for hydroxylation is 1. The van der Waals surface area contributed by atoms with Crippen molar-refractivity contribution in [3.63, 3.8) is 0 Å². The zero-order valence-corrected chi connectivity index (χ0v) is 12.0. The van der Waals surface area contributed by atoms with Crippen LogP contribution >= 0.6 is 0 Å². The number of hydrogen-bond acceptors (Lipinski definition) is 4. The van der Waals surface area contributed by atoms with E-state index in [0.717, 1.165) is 13.0 Å². The molecule has 0 atom stereocenters. The van der Waals surface area contributed by atoms with Crippen LogP contribution in [-0.2, 0) is 11.3 Å². The predicted octanol–water partition coefficient (Wildman–Crippen LogP) is 1.65. The Bertz CT molecular complexity index is 720. The number of halogens is 1. The van der Waals surface area contributed by atoms with E-state index in [0.29, 0.717) is 31.5 Å². The molecule has 1 saturated heterocycles. The Labute approximate surface area is 126 Å². The van der Waals surface area contributed by atoms with Gasteiger partial charge < -0.3 is 9.32 Å². The van der Waals surface area contributed by atoms with Gasteiger partial charge in [-0.3, -0.25) is 4.79 Å². The van der Waals surface area contributed by atoms with Crippen molar-refractivity contribution < 1.29 is 13.6 Å². The van der Waals surface area contributed by atoms with E-state index in [1.54, 1.807) is 4.90 Å². The van der Waals surface area contributed by atoms with E-state index in [1.165, 1.54) is 28.9 Å². The smallest absolute Gasteiger partial charge is 0.388 e. The molecule has 0 saturated carbocycles. The Morgan fingerprint density at radius 3 is 2.64 bits per heavy atom. The minimum Gasteiger partial charge on any atom is -0.388 e. The van der Waals surface area contributed by atoms with Gasteiger partial charge in [0.15, 0.2) is 0 Å². The van der Waals surface area contributed by atoms with Gasteiger partial charge in [-0.25, -0.2) is 9.18 Å². The lowest BCUT2D eigenvalue weighted by Crippen LogP contribution is -2.27. The number of rotatable bonds is 5. The molecule has 22 heavy (non-hydrogen) atoms. The van der Waals surface area contributed by atoms with Gasteiger partial charge in [-0.15, -0.1) is 5.10 Å². The van der Waals surface area contributed by atoms with Crippen molar-refractivity contribution in [2.75, 3.05) is 13.1 Å². The zero-order valence-electron chi connectivity index (χ0n) is 12.0. The van der Waals surface area contributed by atoms with Gasteiger partial charge in [-0.05, 0) is 37.1 Å². The van der Waals surface area contributed by atoms with Gasteiger partial charge in [0.05, 0.1) is 0 Å². The molecule has 2 heterocycles. The van der Waals surface area contributed by atoms with E-state index in [2.05, 4.69) is 5.10 Å². The topological polar surface area (TPSA) is 68.3 Å². The standard InChI is InChI=1S/C15H16FN3O3/c16-12-6-4-11(5-7-12)14-17-19(15(21)22-14)10-2-9-18-8-1-3-13(18)20/h4-7H,1-3,8-10H2. The Hall–Kier alpha value is -2.44. The van der Waals surface area contributed by atoms with Crippen LogP contribution in [0.4, 0.5) is 4.39 Å². The molecule has 0 aliphatic carbocycles. The third-order valence-electron chi connectivity index (χ3n) is 3.67. The summed E-state index contributed by atoms with van der Waals surface area (Å²) in [6.45, 7) is 1.78. The van der Waals surface area contributed by atoms with Crippen LogP contribution in [0.25, 0.3) is 11.5 Å². The first-order chi connectivity index (χ1) is 10.6. The molecular formula is C15H16FN3O3. The van der Waals surface area contributed by atoms with Crippen LogP contribution in [0.15, 0.2) is 33.5 Å². The van der Waals surface area contributed by atoms with E-state index in [9.17, 15) is 14.0 Å². The third kappa shape index (κ3) is 3.08. The van der Waals surface area contributed by atoms with Crippen molar-refractivity contribution in [3.05, 3.63) is 40.6 Å². The molecular weight excluding hydrogens is 289 g/mol. The molecule has 7 heteroatoms. The van der Waals surface area contributed by atoms with Crippen LogP contribution in [0.3, 0.4) is 0 Å². The van der Waals surface area contributed by atoms with Crippen LogP contribution < -0.4 is 5.76 Å². The highest BCUT2D eigenvalue weighted by molar-refractivity contribution is 5.77. The Morgan fingerprint density at radius 1 is 1.18 bits per heavy atom. The number of likely N-dealkylation sites (tertiary alicyclic amines) is 1. The van der Waals surface area contributed by atoms with Gasteiger partial charge >= 0.3 is 5.76 Å². The highest BCUT2D eigenvalue weighted by Gasteiger charge is 2.19. The second kappa shape index (κ2) is 6.13. The molecule has 1 aliphatic heterocycles. The Morgan fingerprint density at radius 2 is 1.95 bits per heavy atom.